The largest absolute Gasteiger partial charge is 0.477 e. The molecule has 0 radical (unpaired) electrons. The van der Waals surface area contributed by atoms with Crippen molar-refractivity contribution in [3.63, 3.8) is 0 Å². The van der Waals surface area contributed by atoms with Gasteiger partial charge >= 0.3 is 0 Å². The topological polar surface area (TPSA) is 111 Å². The molecular formula is C22H25N7O2S. The van der Waals surface area contributed by atoms with Crippen molar-refractivity contribution >= 4 is 28.7 Å². The zero-order chi connectivity index (χ0) is 22.5. The lowest BCUT2D eigenvalue weighted by atomic mass is 10.1. The van der Waals surface area contributed by atoms with Crippen LogP contribution in [0.5, 0.6) is 5.88 Å². The summed E-state index contributed by atoms with van der Waals surface area (Å²) >= 11 is 1.73. The average molecular weight is 452 g/mol. The van der Waals surface area contributed by atoms with Crippen molar-refractivity contribution in [1.29, 1.82) is 0 Å². The molecule has 10 heteroatoms. The van der Waals surface area contributed by atoms with Crippen LogP contribution in [0.2, 0.25) is 0 Å². The van der Waals surface area contributed by atoms with E-state index in [1.807, 2.05) is 44.4 Å². The number of carbonyl (C=O) groups is 1. The van der Waals surface area contributed by atoms with Gasteiger partial charge in [0.1, 0.15) is 5.82 Å². The maximum atomic E-state index is 13.1. The smallest absolute Gasteiger partial charge is 0.255 e. The molecule has 0 aliphatic rings. The highest BCUT2D eigenvalue weighted by Gasteiger charge is 2.22. The zero-order valence-corrected chi connectivity index (χ0v) is 19.0. The number of thioether (sulfide) groups is 1. The summed E-state index contributed by atoms with van der Waals surface area (Å²) in [5.74, 6) is 2.39. The summed E-state index contributed by atoms with van der Waals surface area (Å²) in [7, 11) is 0. The van der Waals surface area contributed by atoms with Gasteiger partial charge in [0.2, 0.25) is 5.88 Å². The van der Waals surface area contributed by atoms with Crippen LogP contribution in [0.1, 0.15) is 41.3 Å². The Labute approximate surface area is 190 Å². The summed E-state index contributed by atoms with van der Waals surface area (Å²) in [6, 6.07) is 11.1. The molecule has 32 heavy (non-hydrogen) atoms. The number of fused-ring (bicyclic) bond motifs is 1. The molecule has 1 aromatic carbocycles. The average Bonchev–Trinajstić information content (AvgIpc) is 3.41. The number of nitrogens with zero attached hydrogens (tertiary/aromatic N) is 5. The normalized spacial score (nSPS) is 12.1. The van der Waals surface area contributed by atoms with Gasteiger partial charge in [0.25, 0.3) is 5.91 Å². The molecule has 1 unspecified atom stereocenters. The number of nitrogens with one attached hydrogen (secondary N) is 2. The molecule has 2 N–H and O–H groups in total. The first kappa shape index (κ1) is 21.8. The first-order chi connectivity index (χ1) is 15.6. The quantitative estimate of drug-likeness (QED) is 0.401. The minimum absolute atomic E-state index is 0.209. The minimum atomic E-state index is -0.240. The summed E-state index contributed by atoms with van der Waals surface area (Å²) in [6.45, 7) is 4.23. The number of aromatic amines is 1. The zero-order valence-electron chi connectivity index (χ0n) is 18.2. The van der Waals surface area contributed by atoms with Gasteiger partial charge in [0.15, 0.2) is 5.82 Å². The standard InChI is InChI=1S/C22H25N7O2S/c1-4-31-20-10-9-19(27-28-20)29-14(2)15(13-23-29)22(30)26-18(11-12-32-3)21-24-16-7-5-6-8-17(16)25-21/h5-10,13,18H,4,11-12H2,1-3H3,(H,24,25)(H,26,30). The predicted molar refractivity (Wildman–Crippen MR) is 124 cm³/mol. The number of imidazole rings is 1. The van der Waals surface area contributed by atoms with Crippen LogP contribution in [0, 0.1) is 6.92 Å². The van der Waals surface area contributed by atoms with Crippen molar-refractivity contribution in [2.24, 2.45) is 0 Å². The molecule has 0 spiro atoms. The number of amides is 1. The first-order valence-electron chi connectivity index (χ1n) is 10.4. The van der Waals surface area contributed by atoms with Crippen molar-refractivity contribution in [2.75, 3.05) is 18.6 Å². The summed E-state index contributed by atoms with van der Waals surface area (Å²) in [5.41, 5.74) is 2.98. The van der Waals surface area contributed by atoms with Crippen molar-refractivity contribution in [3.8, 4) is 11.7 Å². The van der Waals surface area contributed by atoms with Crippen molar-refractivity contribution in [1.82, 2.24) is 35.3 Å². The van der Waals surface area contributed by atoms with Crippen LogP contribution >= 0.6 is 11.8 Å². The molecule has 4 aromatic rings. The third-order valence-electron chi connectivity index (χ3n) is 5.04. The van der Waals surface area contributed by atoms with E-state index in [-0.39, 0.29) is 11.9 Å². The molecular weight excluding hydrogens is 426 g/mol. The Morgan fingerprint density at radius 1 is 1.25 bits per heavy atom. The van der Waals surface area contributed by atoms with Gasteiger partial charge in [-0.1, -0.05) is 12.1 Å². The summed E-state index contributed by atoms with van der Waals surface area (Å²) in [5, 5.41) is 15.7. The highest BCUT2D eigenvalue weighted by Crippen LogP contribution is 2.21. The number of aromatic nitrogens is 6. The molecule has 0 aliphatic heterocycles. The Kier molecular flexibility index (Phi) is 6.69. The monoisotopic (exact) mass is 451 g/mol. The Morgan fingerprint density at radius 3 is 2.81 bits per heavy atom. The van der Waals surface area contributed by atoms with Gasteiger partial charge in [0, 0.05) is 6.07 Å². The summed E-state index contributed by atoms with van der Waals surface area (Å²) in [4.78, 5) is 21.2. The predicted octanol–water partition coefficient (Wildman–Crippen LogP) is 3.47. The fourth-order valence-corrected chi connectivity index (χ4v) is 3.87. The molecule has 1 amide bonds. The van der Waals surface area contributed by atoms with E-state index in [9.17, 15) is 4.79 Å². The van der Waals surface area contributed by atoms with Gasteiger partial charge in [0.05, 0.1) is 41.1 Å². The van der Waals surface area contributed by atoms with Crippen molar-refractivity contribution in [2.45, 2.75) is 26.3 Å². The van der Waals surface area contributed by atoms with Gasteiger partial charge in [-0.15, -0.1) is 10.2 Å². The third-order valence-corrected chi connectivity index (χ3v) is 5.69. The lowest BCUT2D eigenvalue weighted by molar-refractivity contribution is 0.0933. The molecule has 3 aromatic heterocycles. The van der Waals surface area contributed by atoms with Gasteiger partial charge in [-0.25, -0.2) is 9.67 Å². The van der Waals surface area contributed by atoms with Crippen LogP contribution in [0.15, 0.2) is 42.6 Å². The number of carbonyl (C=O) groups excluding carboxylic acids is 1. The van der Waals surface area contributed by atoms with E-state index >= 15 is 0 Å². The Morgan fingerprint density at radius 2 is 2.09 bits per heavy atom. The molecule has 0 aliphatic carbocycles. The van der Waals surface area contributed by atoms with Gasteiger partial charge in [-0.3, -0.25) is 4.79 Å². The first-order valence-corrected chi connectivity index (χ1v) is 11.8. The van der Waals surface area contributed by atoms with Crippen LogP contribution in [0.3, 0.4) is 0 Å². The molecule has 0 fully saturated rings. The summed E-state index contributed by atoms with van der Waals surface area (Å²) in [6.07, 6.45) is 4.35. The number of para-hydroxylation sites is 2. The molecule has 166 valence electrons. The highest BCUT2D eigenvalue weighted by molar-refractivity contribution is 7.98. The van der Waals surface area contributed by atoms with Gasteiger partial charge in [-0.2, -0.15) is 16.9 Å². The fraction of sp³-hybridized carbons (Fsp3) is 0.318. The number of H-pyrrole nitrogens is 1. The van der Waals surface area contributed by atoms with Crippen LogP contribution in [0.4, 0.5) is 0 Å². The highest BCUT2D eigenvalue weighted by atomic mass is 32.2. The van der Waals surface area contributed by atoms with Crippen LogP contribution in [-0.2, 0) is 0 Å². The number of hydrogen-bond acceptors (Lipinski definition) is 7. The third kappa shape index (κ3) is 4.59. The molecule has 4 rings (SSSR count). The van der Waals surface area contributed by atoms with Crippen LogP contribution < -0.4 is 10.1 Å². The second kappa shape index (κ2) is 9.82. The van der Waals surface area contributed by atoms with E-state index in [4.69, 9.17) is 4.74 Å². The SMILES string of the molecule is CCOc1ccc(-n2ncc(C(=O)NC(CCSC)c3nc4ccccc4[nH]3)c2C)nn1. The van der Waals surface area contributed by atoms with E-state index in [0.717, 1.165) is 29.0 Å². The van der Waals surface area contributed by atoms with E-state index < -0.39 is 0 Å². The maximum absolute atomic E-state index is 13.1. The molecule has 1 atom stereocenters. The molecule has 3 heterocycles. The van der Waals surface area contributed by atoms with Gasteiger partial charge in [-0.05, 0) is 50.5 Å². The van der Waals surface area contributed by atoms with E-state index in [1.54, 1.807) is 34.8 Å². The van der Waals surface area contributed by atoms with Crippen molar-refractivity contribution < 1.29 is 9.53 Å². The molecule has 0 saturated carbocycles. The maximum Gasteiger partial charge on any atom is 0.255 e. The lowest BCUT2D eigenvalue weighted by Crippen LogP contribution is -2.30. The molecule has 9 nitrogen and oxygen atoms in total. The molecule has 0 bridgehead atoms. The minimum Gasteiger partial charge on any atom is -0.477 e. The van der Waals surface area contributed by atoms with Crippen LogP contribution in [-0.4, -0.2) is 54.5 Å². The van der Waals surface area contributed by atoms with E-state index in [1.165, 1.54) is 0 Å². The van der Waals surface area contributed by atoms with E-state index in [0.29, 0.717) is 29.6 Å². The Hall–Kier alpha value is -3.40. The number of hydrogen-bond donors (Lipinski definition) is 2. The number of rotatable bonds is 9. The Balaban J connectivity index is 1.55. The van der Waals surface area contributed by atoms with Crippen molar-refractivity contribution in [3.05, 3.63) is 59.7 Å². The molecule has 0 saturated heterocycles. The van der Waals surface area contributed by atoms with E-state index in [2.05, 4.69) is 30.6 Å². The van der Waals surface area contributed by atoms with Crippen LogP contribution in [0.25, 0.3) is 16.9 Å². The lowest BCUT2D eigenvalue weighted by Gasteiger charge is -2.16. The fourth-order valence-electron chi connectivity index (χ4n) is 3.40. The van der Waals surface area contributed by atoms with Gasteiger partial charge < -0.3 is 15.0 Å². The summed E-state index contributed by atoms with van der Waals surface area (Å²) < 4.78 is 6.93. The number of ether oxygens (including phenoxy) is 1. The second-order valence-electron chi connectivity index (χ2n) is 7.16. The Bertz CT molecular complexity index is 1170. The number of benzene rings is 1. The second-order valence-corrected chi connectivity index (χ2v) is 8.15.